The Bertz CT molecular complexity index is 1030. The molecule has 0 spiro atoms. The van der Waals surface area contributed by atoms with Gasteiger partial charge < -0.3 is 15.4 Å². The summed E-state index contributed by atoms with van der Waals surface area (Å²) in [7, 11) is -3.19. The number of sulfone groups is 1. The molecule has 1 aromatic carbocycles. The van der Waals surface area contributed by atoms with Crippen LogP contribution < -0.4 is 15.4 Å². The molecule has 10 nitrogen and oxygen atoms in total. The zero-order valence-electron chi connectivity index (χ0n) is 17.6. The predicted octanol–water partition coefficient (Wildman–Crippen LogP) is 1.14. The number of carbonyl (C=O) groups is 2. The Labute approximate surface area is 181 Å². The van der Waals surface area contributed by atoms with E-state index in [0.29, 0.717) is 30.2 Å². The van der Waals surface area contributed by atoms with Crippen LogP contribution in [-0.4, -0.2) is 66.9 Å². The highest BCUT2D eigenvalue weighted by Gasteiger charge is 2.16. The Morgan fingerprint density at radius 1 is 1.26 bits per heavy atom. The van der Waals surface area contributed by atoms with Crippen LogP contribution >= 0.6 is 0 Å². The van der Waals surface area contributed by atoms with E-state index in [2.05, 4.69) is 27.5 Å². The molecule has 0 saturated heterocycles. The van der Waals surface area contributed by atoms with Crippen LogP contribution in [0.1, 0.15) is 40.6 Å². The van der Waals surface area contributed by atoms with Crippen LogP contribution in [-0.2, 0) is 9.84 Å². The zero-order valence-corrected chi connectivity index (χ0v) is 18.4. The molecular weight excluding hydrogens is 422 g/mol. The monoisotopic (exact) mass is 449 g/mol. The minimum absolute atomic E-state index is 0.0244. The summed E-state index contributed by atoms with van der Waals surface area (Å²) in [6.07, 6.45) is 5.83. The molecule has 2 amide bonds. The molecule has 0 fully saturated rings. The highest BCUT2D eigenvalue weighted by Crippen LogP contribution is 2.24. The maximum absolute atomic E-state index is 12.2. The van der Waals surface area contributed by atoms with Crippen LogP contribution in [0.25, 0.3) is 5.69 Å². The average molecular weight is 450 g/mol. The second-order valence-electron chi connectivity index (χ2n) is 6.76. The lowest BCUT2D eigenvalue weighted by atomic mass is 10.1. The molecule has 0 aliphatic rings. The number of unbranched alkanes of at least 4 members (excludes halogenated alkanes) is 1. The summed E-state index contributed by atoms with van der Waals surface area (Å²) in [6.45, 7) is 6.39. The predicted molar refractivity (Wildman–Crippen MR) is 116 cm³/mol. The summed E-state index contributed by atoms with van der Waals surface area (Å²) in [5.41, 5.74) is 0.969. The van der Waals surface area contributed by atoms with Gasteiger partial charge in [0.15, 0.2) is 5.69 Å². The first-order valence-electron chi connectivity index (χ1n) is 9.79. The van der Waals surface area contributed by atoms with E-state index in [1.54, 1.807) is 24.3 Å². The summed E-state index contributed by atoms with van der Waals surface area (Å²) in [5.74, 6) is -0.518. The number of aromatic nitrogens is 3. The van der Waals surface area contributed by atoms with E-state index in [1.165, 1.54) is 10.9 Å². The van der Waals surface area contributed by atoms with Crippen molar-refractivity contribution < 1.29 is 22.7 Å². The van der Waals surface area contributed by atoms with Gasteiger partial charge in [0, 0.05) is 24.9 Å². The van der Waals surface area contributed by atoms with E-state index in [0.717, 1.165) is 19.1 Å². The molecule has 2 rings (SSSR count). The van der Waals surface area contributed by atoms with Crippen molar-refractivity contribution in [3.05, 3.63) is 48.3 Å². The summed E-state index contributed by atoms with van der Waals surface area (Å²) >= 11 is 0. The summed E-state index contributed by atoms with van der Waals surface area (Å²) in [4.78, 5) is 24.4. The second kappa shape index (κ2) is 11.3. The Morgan fingerprint density at radius 2 is 2.03 bits per heavy atom. The summed E-state index contributed by atoms with van der Waals surface area (Å²) in [5, 5.41) is 13.0. The van der Waals surface area contributed by atoms with Gasteiger partial charge in [-0.2, -0.15) is 0 Å². The van der Waals surface area contributed by atoms with Crippen LogP contribution in [0.4, 0.5) is 0 Å². The lowest BCUT2D eigenvalue weighted by Gasteiger charge is -2.12. The van der Waals surface area contributed by atoms with Gasteiger partial charge in [0.1, 0.15) is 21.3 Å². The van der Waals surface area contributed by atoms with Gasteiger partial charge in [-0.1, -0.05) is 11.3 Å². The number of ether oxygens (including phenoxy) is 1. The minimum atomic E-state index is -3.19. The molecule has 0 aliphatic heterocycles. The Kier molecular flexibility index (Phi) is 8.74. The SMILES string of the molecule is C=CCCCOc1cc(C(=O)NCC)ccc1-n1cc(C(=O)NCCS(C)(=O)=O)nn1. The van der Waals surface area contributed by atoms with E-state index in [4.69, 9.17) is 4.74 Å². The third kappa shape index (κ3) is 7.52. The number of amides is 2. The largest absolute Gasteiger partial charge is 0.491 e. The normalized spacial score (nSPS) is 11.0. The van der Waals surface area contributed by atoms with Crippen molar-refractivity contribution in [2.24, 2.45) is 0 Å². The number of allylic oxidation sites excluding steroid dienone is 1. The van der Waals surface area contributed by atoms with Crippen LogP contribution in [0, 0.1) is 0 Å². The molecule has 1 aromatic heterocycles. The van der Waals surface area contributed by atoms with E-state index < -0.39 is 15.7 Å². The third-order valence-corrected chi connectivity index (χ3v) is 5.05. The standard InChI is InChI=1S/C20H27N5O5S/c1-4-6-7-11-30-18-13-15(19(26)21-5-2)8-9-17(18)25-14-16(23-24-25)20(27)22-10-12-31(3,28)29/h4,8-9,13-14H,1,5-7,10-12H2,2-3H3,(H,21,26)(H,22,27). The van der Waals surface area contributed by atoms with Crippen LogP contribution in [0.2, 0.25) is 0 Å². The quantitative estimate of drug-likeness (QED) is 0.367. The van der Waals surface area contributed by atoms with Crippen molar-refractivity contribution >= 4 is 21.7 Å². The first kappa shape index (κ1) is 24.1. The molecule has 2 aromatic rings. The molecule has 31 heavy (non-hydrogen) atoms. The van der Waals surface area contributed by atoms with Crippen molar-refractivity contribution in [3.8, 4) is 11.4 Å². The van der Waals surface area contributed by atoms with E-state index in [-0.39, 0.29) is 23.9 Å². The fraction of sp³-hybridized carbons (Fsp3) is 0.400. The van der Waals surface area contributed by atoms with Crippen LogP contribution in [0.5, 0.6) is 5.75 Å². The Morgan fingerprint density at radius 3 is 2.71 bits per heavy atom. The number of nitrogens with one attached hydrogen (secondary N) is 2. The van der Waals surface area contributed by atoms with Gasteiger partial charge >= 0.3 is 0 Å². The molecule has 2 N–H and O–H groups in total. The van der Waals surface area contributed by atoms with Gasteiger partial charge in [0.2, 0.25) is 0 Å². The molecule has 0 unspecified atom stereocenters. The van der Waals surface area contributed by atoms with Gasteiger partial charge in [0.05, 0.1) is 18.6 Å². The highest BCUT2D eigenvalue weighted by molar-refractivity contribution is 7.90. The molecule has 0 aliphatic carbocycles. The van der Waals surface area contributed by atoms with Gasteiger partial charge in [-0.25, -0.2) is 13.1 Å². The fourth-order valence-electron chi connectivity index (χ4n) is 2.56. The van der Waals surface area contributed by atoms with E-state index in [1.807, 2.05) is 6.92 Å². The highest BCUT2D eigenvalue weighted by atomic mass is 32.2. The van der Waals surface area contributed by atoms with Gasteiger partial charge in [-0.05, 0) is 38.0 Å². The van der Waals surface area contributed by atoms with Crippen molar-refractivity contribution in [2.45, 2.75) is 19.8 Å². The van der Waals surface area contributed by atoms with Crippen LogP contribution in [0.3, 0.4) is 0 Å². The van der Waals surface area contributed by atoms with Crippen molar-refractivity contribution in [3.63, 3.8) is 0 Å². The molecule has 0 bridgehead atoms. The molecule has 11 heteroatoms. The van der Waals surface area contributed by atoms with Crippen molar-refractivity contribution in [2.75, 3.05) is 31.7 Å². The molecular formula is C20H27N5O5S. The lowest BCUT2D eigenvalue weighted by molar-refractivity contribution is 0.0945. The van der Waals surface area contributed by atoms with Gasteiger partial charge in [0.25, 0.3) is 11.8 Å². The lowest BCUT2D eigenvalue weighted by Crippen LogP contribution is -2.29. The average Bonchev–Trinajstić information content (AvgIpc) is 3.20. The maximum Gasteiger partial charge on any atom is 0.273 e. The first-order chi connectivity index (χ1) is 14.7. The number of rotatable bonds is 12. The Hall–Kier alpha value is -3.21. The van der Waals surface area contributed by atoms with Crippen molar-refractivity contribution in [1.82, 2.24) is 25.6 Å². The number of benzene rings is 1. The fourth-order valence-corrected chi connectivity index (χ4v) is 3.03. The smallest absolute Gasteiger partial charge is 0.273 e. The van der Waals surface area contributed by atoms with Gasteiger partial charge in [-0.15, -0.1) is 11.7 Å². The van der Waals surface area contributed by atoms with Gasteiger partial charge in [-0.3, -0.25) is 9.59 Å². The molecule has 168 valence electrons. The molecule has 0 atom stereocenters. The van der Waals surface area contributed by atoms with E-state index in [9.17, 15) is 18.0 Å². The maximum atomic E-state index is 12.2. The second-order valence-corrected chi connectivity index (χ2v) is 9.02. The molecule has 1 heterocycles. The zero-order chi connectivity index (χ0) is 22.9. The molecule has 0 radical (unpaired) electrons. The number of hydrogen-bond donors (Lipinski definition) is 2. The first-order valence-corrected chi connectivity index (χ1v) is 11.9. The summed E-state index contributed by atoms with van der Waals surface area (Å²) in [6, 6.07) is 4.90. The number of hydrogen-bond acceptors (Lipinski definition) is 7. The molecule has 0 saturated carbocycles. The Balaban J connectivity index is 2.22. The summed E-state index contributed by atoms with van der Waals surface area (Å²) < 4.78 is 29.6. The minimum Gasteiger partial charge on any atom is -0.491 e. The third-order valence-electron chi connectivity index (χ3n) is 4.10. The number of nitrogens with zero attached hydrogens (tertiary/aromatic N) is 3. The number of carbonyl (C=O) groups excluding carboxylic acids is 2. The van der Waals surface area contributed by atoms with E-state index >= 15 is 0 Å². The van der Waals surface area contributed by atoms with Crippen LogP contribution in [0.15, 0.2) is 37.1 Å². The van der Waals surface area contributed by atoms with Crippen molar-refractivity contribution in [1.29, 1.82) is 0 Å². The topological polar surface area (TPSA) is 132 Å².